The summed E-state index contributed by atoms with van der Waals surface area (Å²) in [6.45, 7) is 1.36. The van der Waals surface area contributed by atoms with E-state index < -0.39 is 12.1 Å². The van der Waals surface area contributed by atoms with E-state index >= 15 is 0 Å². The highest BCUT2D eigenvalue weighted by Crippen LogP contribution is 2.36. The van der Waals surface area contributed by atoms with Gasteiger partial charge in [-0.3, -0.25) is 0 Å². The number of rotatable bonds is 3. The van der Waals surface area contributed by atoms with Crippen LogP contribution >= 0.6 is 23.2 Å². The number of halogens is 6. The molecule has 3 aromatic rings. The van der Waals surface area contributed by atoms with Crippen LogP contribution in [0.5, 0.6) is 5.88 Å². The van der Waals surface area contributed by atoms with Crippen molar-refractivity contribution in [2.75, 3.05) is 13.7 Å². The first-order valence-corrected chi connectivity index (χ1v) is 10.4. The van der Waals surface area contributed by atoms with Crippen LogP contribution in [0.1, 0.15) is 22.6 Å². The number of carboxylic acids is 1. The number of aromatic nitrogens is 2. The van der Waals surface area contributed by atoms with Gasteiger partial charge in [-0.1, -0.05) is 29.3 Å². The van der Waals surface area contributed by atoms with Gasteiger partial charge in [-0.15, -0.1) is 10.2 Å². The minimum atomic E-state index is -5.08. The van der Waals surface area contributed by atoms with Gasteiger partial charge in [0, 0.05) is 30.6 Å². The zero-order valence-corrected chi connectivity index (χ0v) is 19.0. The molecular weight excluding hydrogens is 501 g/mol. The van der Waals surface area contributed by atoms with Gasteiger partial charge in [-0.2, -0.15) is 13.2 Å². The Morgan fingerprint density at radius 3 is 2.38 bits per heavy atom. The summed E-state index contributed by atoms with van der Waals surface area (Å²) in [5.41, 5.74) is 3.84. The van der Waals surface area contributed by atoms with E-state index in [4.69, 9.17) is 37.8 Å². The molecule has 0 radical (unpaired) electrons. The third-order valence-electron chi connectivity index (χ3n) is 4.98. The number of carboxylic acid groups (broad SMARTS) is 1. The molecule has 12 heteroatoms. The molecule has 0 amide bonds. The van der Waals surface area contributed by atoms with Gasteiger partial charge in [0.1, 0.15) is 5.82 Å². The maximum Gasteiger partial charge on any atom is 0.490 e. The highest BCUT2D eigenvalue weighted by Gasteiger charge is 2.38. The summed E-state index contributed by atoms with van der Waals surface area (Å²) in [5.74, 6) is -2.71. The number of nitrogens with zero attached hydrogens (tertiary/aromatic N) is 2. The second-order valence-corrected chi connectivity index (χ2v) is 7.97. The lowest BCUT2D eigenvalue weighted by molar-refractivity contribution is -0.192. The maximum absolute atomic E-state index is 14.9. The van der Waals surface area contributed by atoms with E-state index in [0.717, 1.165) is 16.7 Å². The number of methoxy groups -OCH3 is 1. The monoisotopic (exact) mass is 517 g/mol. The van der Waals surface area contributed by atoms with Gasteiger partial charge in [0.15, 0.2) is 0 Å². The number of hydrogen-bond donors (Lipinski definition) is 2. The lowest BCUT2D eigenvalue weighted by Gasteiger charge is -2.28. The van der Waals surface area contributed by atoms with E-state index in [0.29, 0.717) is 40.3 Å². The van der Waals surface area contributed by atoms with Gasteiger partial charge >= 0.3 is 12.1 Å². The van der Waals surface area contributed by atoms with Crippen LogP contribution in [-0.4, -0.2) is 41.1 Å². The van der Waals surface area contributed by atoms with Crippen LogP contribution in [0.4, 0.5) is 17.6 Å². The van der Waals surface area contributed by atoms with Gasteiger partial charge in [-0.05, 0) is 47.0 Å². The normalized spacial score (nSPS) is 15.1. The topological polar surface area (TPSA) is 84.3 Å². The minimum absolute atomic E-state index is 0.00554. The van der Waals surface area contributed by atoms with Gasteiger partial charge < -0.3 is 15.2 Å². The molecule has 1 aliphatic heterocycles. The molecule has 0 fully saturated rings. The van der Waals surface area contributed by atoms with Gasteiger partial charge in [0.25, 0.3) is 0 Å². The quantitative estimate of drug-likeness (QED) is 0.448. The predicted molar refractivity (Wildman–Crippen MR) is 118 cm³/mol. The lowest BCUT2D eigenvalue weighted by atomic mass is 9.84. The Labute approximate surface area is 201 Å². The fraction of sp³-hybridized carbons (Fsp3) is 0.227. The molecule has 180 valence electrons. The zero-order chi connectivity index (χ0) is 25.0. The number of benzene rings is 2. The molecule has 1 atom stereocenters. The Hall–Kier alpha value is -2.95. The fourth-order valence-electron chi connectivity index (χ4n) is 3.37. The smallest absolute Gasteiger partial charge is 0.480 e. The maximum atomic E-state index is 14.9. The van der Waals surface area contributed by atoms with Crippen molar-refractivity contribution < 1.29 is 32.2 Å². The van der Waals surface area contributed by atoms with E-state index in [-0.39, 0.29) is 11.7 Å². The number of ether oxygens (including phenoxy) is 1. The summed E-state index contributed by atoms with van der Waals surface area (Å²) in [7, 11) is 1.51. The van der Waals surface area contributed by atoms with Crippen molar-refractivity contribution in [3.05, 3.63) is 75.0 Å². The van der Waals surface area contributed by atoms with Gasteiger partial charge in [0.05, 0.1) is 22.8 Å². The lowest BCUT2D eigenvalue weighted by Crippen LogP contribution is -2.29. The molecule has 0 saturated carbocycles. The predicted octanol–water partition coefficient (Wildman–Crippen LogP) is 5.47. The molecule has 4 rings (SSSR count). The Balaban J connectivity index is 0.000000406. The first-order chi connectivity index (χ1) is 16.0. The van der Waals surface area contributed by atoms with E-state index in [9.17, 15) is 17.6 Å². The summed E-state index contributed by atoms with van der Waals surface area (Å²) < 4.78 is 51.7. The number of nitrogens with one attached hydrogen (secondary N) is 1. The van der Waals surface area contributed by atoms with Crippen molar-refractivity contribution in [3.8, 4) is 17.1 Å². The van der Waals surface area contributed by atoms with Crippen LogP contribution in [-0.2, 0) is 11.3 Å². The summed E-state index contributed by atoms with van der Waals surface area (Å²) >= 11 is 12.2. The van der Waals surface area contributed by atoms with Crippen molar-refractivity contribution in [2.45, 2.75) is 18.6 Å². The van der Waals surface area contributed by atoms with Gasteiger partial charge in [-0.25, -0.2) is 9.18 Å². The van der Waals surface area contributed by atoms with E-state index in [1.165, 1.54) is 7.11 Å². The highest BCUT2D eigenvalue weighted by molar-refractivity contribution is 6.42. The molecule has 0 spiro atoms. The molecule has 2 aromatic carbocycles. The van der Waals surface area contributed by atoms with E-state index in [1.807, 2.05) is 18.2 Å². The van der Waals surface area contributed by atoms with Crippen molar-refractivity contribution in [1.29, 1.82) is 0 Å². The summed E-state index contributed by atoms with van der Waals surface area (Å²) in [6, 6.07) is 12.3. The van der Waals surface area contributed by atoms with Crippen molar-refractivity contribution in [1.82, 2.24) is 15.5 Å². The minimum Gasteiger partial charge on any atom is -0.480 e. The van der Waals surface area contributed by atoms with E-state index in [2.05, 4.69) is 15.5 Å². The standard InChI is InChI=1S/C20H16Cl2FN3O.C2HF3O2/c1-27-20-5-4-19(25-26-20)14-6-12-9-24-10-15(13(12)8-18(14)23)11-2-3-16(21)17(22)7-11;3-2(4,5)1(6)7/h2-8,15,24H,9-10H2,1H3;(H,6,7). The van der Waals surface area contributed by atoms with Gasteiger partial charge in [0.2, 0.25) is 5.88 Å². The van der Waals surface area contributed by atoms with Crippen LogP contribution in [0.2, 0.25) is 10.0 Å². The third kappa shape index (κ3) is 5.94. The number of carbonyl (C=O) groups is 1. The number of hydrogen-bond acceptors (Lipinski definition) is 5. The average Bonchev–Trinajstić information content (AvgIpc) is 2.80. The average molecular weight is 518 g/mol. The molecule has 0 saturated heterocycles. The van der Waals surface area contributed by atoms with Crippen molar-refractivity contribution in [2.24, 2.45) is 0 Å². The van der Waals surface area contributed by atoms with Crippen LogP contribution in [0.15, 0.2) is 42.5 Å². The second kappa shape index (κ2) is 10.5. The van der Waals surface area contributed by atoms with Crippen molar-refractivity contribution >= 4 is 29.2 Å². The molecule has 1 unspecified atom stereocenters. The molecule has 1 aromatic heterocycles. The van der Waals surface area contributed by atoms with Crippen LogP contribution in [0, 0.1) is 5.82 Å². The largest absolute Gasteiger partial charge is 0.490 e. The third-order valence-corrected chi connectivity index (χ3v) is 5.72. The summed E-state index contributed by atoms with van der Waals surface area (Å²) in [5, 5.41) is 19.5. The molecule has 0 bridgehead atoms. The molecule has 1 aliphatic rings. The first-order valence-electron chi connectivity index (χ1n) is 9.67. The molecule has 34 heavy (non-hydrogen) atoms. The van der Waals surface area contributed by atoms with Crippen LogP contribution in [0.25, 0.3) is 11.3 Å². The molecule has 0 aliphatic carbocycles. The molecule has 6 nitrogen and oxygen atoms in total. The number of fused-ring (bicyclic) bond motifs is 1. The Morgan fingerprint density at radius 2 is 1.82 bits per heavy atom. The number of aliphatic carboxylic acids is 1. The van der Waals surface area contributed by atoms with Crippen molar-refractivity contribution in [3.63, 3.8) is 0 Å². The highest BCUT2D eigenvalue weighted by atomic mass is 35.5. The Bertz CT molecular complexity index is 1190. The second-order valence-electron chi connectivity index (χ2n) is 7.15. The molecular formula is C22H17Cl2F4N3O3. The SMILES string of the molecule is COc1ccc(-c2cc3c(cc2F)C(c2ccc(Cl)c(Cl)c2)CNC3)nn1.O=C(O)C(F)(F)F. The first kappa shape index (κ1) is 25.7. The van der Waals surface area contributed by atoms with E-state index in [1.54, 1.807) is 24.3 Å². The molecule has 2 N–H and O–H groups in total. The zero-order valence-electron chi connectivity index (χ0n) is 17.5. The number of alkyl halides is 3. The summed E-state index contributed by atoms with van der Waals surface area (Å²) in [6.07, 6.45) is -5.08. The molecule has 2 heterocycles. The Kier molecular flexibility index (Phi) is 7.96. The fourth-order valence-corrected chi connectivity index (χ4v) is 3.67. The Morgan fingerprint density at radius 1 is 1.12 bits per heavy atom. The van der Waals surface area contributed by atoms with Crippen LogP contribution < -0.4 is 10.1 Å². The van der Waals surface area contributed by atoms with Crippen LogP contribution in [0.3, 0.4) is 0 Å². The summed E-state index contributed by atoms with van der Waals surface area (Å²) in [4.78, 5) is 8.90.